The molecule has 17 heavy (non-hydrogen) atoms. The summed E-state index contributed by atoms with van der Waals surface area (Å²) in [5.74, 6) is 0. The van der Waals surface area contributed by atoms with E-state index in [1.54, 1.807) is 0 Å². The van der Waals surface area contributed by atoms with Crippen molar-refractivity contribution in [1.29, 1.82) is 0 Å². The van der Waals surface area contributed by atoms with Crippen LogP contribution in [0.1, 0.15) is 11.1 Å². The second-order valence-electron chi connectivity index (χ2n) is 4.04. The average Bonchev–Trinajstić information content (AvgIpc) is 2.30. The summed E-state index contributed by atoms with van der Waals surface area (Å²) in [6.45, 7) is 2.80. The fourth-order valence-corrected chi connectivity index (χ4v) is 2.28. The van der Waals surface area contributed by atoms with Gasteiger partial charge < -0.3 is 11.1 Å². The number of nitrogen functional groups attached to an aromatic ring is 1. The van der Waals surface area contributed by atoms with Gasteiger partial charge in [-0.05, 0) is 52.2 Å². The smallest absolute Gasteiger partial charge is 0.0487 e. The van der Waals surface area contributed by atoms with Gasteiger partial charge in [-0.3, -0.25) is 0 Å². The zero-order valence-electron chi connectivity index (χ0n) is 9.70. The van der Waals surface area contributed by atoms with Gasteiger partial charge in [0, 0.05) is 22.4 Å². The van der Waals surface area contributed by atoms with E-state index in [2.05, 4.69) is 46.4 Å². The molecule has 2 aromatic rings. The molecule has 0 atom stereocenters. The zero-order chi connectivity index (χ0) is 12.3. The van der Waals surface area contributed by atoms with Gasteiger partial charge in [0.25, 0.3) is 0 Å². The summed E-state index contributed by atoms with van der Waals surface area (Å²) in [7, 11) is 0. The topological polar surface area (TPSA) is 38.0 Å². The summed E-state index contributed by atoms with van der Waals surface area (Å²) in [5.41, 5.74) is 10.1. The van der Waals surface area contributed by atoms with Crippen LogP contribution in [0.25, 0.3) is 0 Å². The third kappa shape index (κ3) is 3.01. The SMILES string of the molecule is Cc1ccc(NCc2ccccc2N)c(Br)c1. The highest BCUT2D eigenvalue weighted by molar-refractivity contribution is 9.10. The predicted molar refractivity (Wildman–Crippen MR) is 77.1 cm³/mol. The molecule has 0 radical (unpaired) electrons. The number of hydrogen-bond acceptors (Lipinski definition) is 2. The Balaban J connectivity index is 2.10. The second kappa shape index (κ2) is 5.23. The second-order valence-corrected chi connectivity index (χ2v) is 4.89. The number of anilines is 2. The first kappa shape index (κ1) is 12.0. The monoisotopic (exact) mass is 290 g/mol. The Labute approximate surface area is 110 Å². The normalized spacial score (nSPS) is 10.2. The number of nitrogens with two attached hydrogens (primary N) is 1. The summed E-state index contributed by atoms with van der Waals surface area (Å²) < 4.78 is 1.08. The van der Waals surface area contributed by atoms with Crippen LogP contribution in [0.15, 0.2) is 46.9 Å². The largest absolute Gasteiger partial charge is 0.398 e. The van der Waals surface area contributed by atoms with Crippen LogP contribution in [-0.2, 0) is 6.54 Å². The van der Waals surface area contributed by atoms with Crippen LogP contribution in [0, 0.1) is 6.92 Å². The third-order valence-electron chi connectivity index (χ3n) is 2.65. The number of aryl methyl sites for hydroxylation is 1. The van der Waals surface area contributed by atoms with E-state index in [0.29, 0.717) is 0 Å². The van der Waals surface area contributed by atoms with Crippen molar-refractivity contribution in [3.63, 3.8) is 0 Å². The molecule has 2 rings (SSSR count). The molecule has 0 bridgehead atoms. The van der Waals surface area contributed by atoms with Crippen molar-refractivity contribution in [2.24, 2.45) is 0 Å². The van der Waals surface area contributed by atoms with Gasteiger partial charge in [0.05, 0.1) is 0 Å². The Bertz CT molecular complexity index is 523. The van der Waals surface area contributed by atoms with E-state index in [4.69, 9.17) is 5.73 Å². The Morgan fingerprint density at radius 2 is 1.94 bits per heavy atom. The number of rotatable bonds is 3. The van der Waals surface area contributed by atoms with Crippen LogP contribution in [0.2, 0.25) is 0 Å². The van der Waals surface area contributed by atoms with Crippen LogP contribution in [0.5, 0.6) is 0 Å². The summed E-state index contributed by atoms with van der Waals surface area (Å²) in [4.78, 5) is 0. The van der Waals surface area contributed by atoms with Crippen LogP contribution in [-0.4, -0.2) is 0 Å². The number of halogens is 1. The molecule has 0 fully saturated rings. The molecule has 0 aliphatic heterocycles. The molecule has 3 N–H and O–H groups in total. The number of nitrogens with one attached hydrogen (secondary N) is 1. The van der Waals surface area contributed by atoms with E-state index in [1.165, 1.54) is 5.56 Å². The maximum absolute atomic E-state index is 5.90. The van der Waals surface area contributed by atoms with Gasteiger partial charge in [-0.15, -0.1) is 0 Å². The molecule has 0 aromatic heterocycles. The molecule has 88 valence electrons. The van der Waals surface area contributed by atoms with Crippen LogP contribution in [0.4, 0.5) is 11.4 Å². The fraction of sp³-hybridized carbons (Fsp3) is 0.143. The van der Waals surface area contributed by atoms with Gasteiger partial charge >= 0.3 is 0 Å². The van der Waals surface area contributed by atoms with Crippen LogP contribution < -0.4 is 11.1 Å². The lowest BCUT2D eigenvalue weighted by molar-refractivity contribution is 1.15. The first-order valence-electron chi connectivity index (χ1n) is 5.50. The van der Waals surface area contributed by atoms with Gasteiger partial charge in [0.1, 0.15) is 0 Å². The minimum Gasteiger partial charge on any atom is -0.398 e. The molecule has 0 spiro atoms. The van der Waals surface area contributed by atoms with E-state index < -0.39 is 0 Å². The molecule has 2 nitrogen and oxygen atoms in total. The first-order valence-corrected chi connectivity index (χ1v) is 6.29. The highest BCUT2D eigenvalue weighted by atomic mass is 79.9. The van der Waals surface area contributed by atoms with Crippen molar-refractivity contribution < 1.29 is 0 Å². The molecule has 0 aliphatic carbocycles. The lowest BCUT2D eigenvalue weighted by atomic mass is 10.1. The lowest BCUT2D eigenvalue weighted by Gasteiger charge is -2.10. The van der Waals surface area contributed by atoms with Crippen molar-refractivity contribution in [2.75, 3.05) is 11.1 Å². The highest BCUT2D eigenvalue weighted by Crippen LogP contribution is 2.24. The molecule has 0 heterocycles. The zero-order valence-corrected chi connectivity index (χ0v) is 11.3. The Hall–Kier alpha value is -1.48. The van der Waals surface area contributed by atoms with Gasteiger partial charge in [-0.2, -0.15) is 0 Å². The van der Waals surface area contributed by atoms with Gasteiger partial charge in [-0.1, -0.05) is 24.3 Å². The molecule has 0 amide bonds. The van der Waals surface area contributed by atoms with E-state index in [9.17, 15) is 0 Å². The van der Waals surface area contributed by atoms with Crippen molar-refractivity contribution in [3.05, 3.63) is 58.1 Å². The molecule has 3 heteroatoms. The molecule has 0 saturated carbocycles. The molecular formula is C14H15BrN2. The lowest BCUT2D eigenvalue weighted by Crippen LogP contribution is -2.03. The quantitative estimate of drug-likeness (QED) is 0.840. The van der Waals surface area contributed by atoms with Gasteiger partial charge in [0.15, 0.2) is 0 Å². The molecule has 0 aliphatic rings. The first-order chi connectivity index (χ1) is 8.16. The van der Waals surface area contributed by atoms with Crippen molar-refractivity contribution in [1.82, 2.24) is 0 Å². The van der Waals surface area contributed by atoms with Crippen molar-refractivity contribution in [3.8, 4) is 0 Å². The number of benzene rings is 2. The Morgan fingerprint density at radius 1 is 1.18 bits per heavy atom. The molecule has 0 saturated heterocycles. The predicted octanol–water partition coefficient (Wildman–Crippen LogP) is 3.95. The van der Waals surface area contributed by atoms with Gasteiger partial charge in [-0.25, -0.2) is 0 Å². The third-order valence-corrected chi connectivity index (χ3v) is 3.31. The van der Waals surface area contributed by atoms with Crippen molar-refractivity contribution >= 4 is 27.3 Å². The van der Waals surface area contributed by atoms with E-state index in [-0.39, 0.29) is 0 Å². The summed E-state index contributed by atoms with van der Waals surface area (Å²) >= 11 is 3.55. The summed E-state index contributed by atoms with van der Waals surface area (Å²) in [6, 6.07) is 14.1. The maximum atomic E-state index is 5.90. The Kier molecular flexibility index (Phi) is 3.69. The summed E-state index contributed by atoms with van der Waals surface area (Å²) in [5, 5.41) is 3.37. The fourth-order valence-electron chi connectivity index (χ4n) is 1.65. The average molecular weight is 291 g/mol. The minimum atomic E-state index is 0.730. The van der Waals surface area contributed by atoms with E-state index >= 15 is 0 Å². The highest BCUT2D eigenvalue weighted by Gasteiger charge is 2.01. The van der Waals surface area contributed by atoms with Crippen LogP contribution >= 0.6 is 15.9 Å². The number of para-hydroxylation sites is 1. The van der Waals surface area contributed by atoms with Crippen molar-refractivity contribution in [2.45, 2.75) is 13.5 Å². The Morgan fingerprint density at radius 3 is 2.65 bits per heavy atom. The molecule has 0 unspecified atom stereocenters. The van der Waals surface area contributed by atoms with Crippen LogP contribution in [0.3, 0.4) is 0 Å². The minimum absolute atomic E-state index is 0.730. The number of hydrogen-bond donors (Lipinski definition) is 2. The maximum Gasteiger partial charge on any atom is 0.0487 e. The summed E-state index contributed by atoms with van der Waals surface area (Å²) in [6.07, 6.45) is 0. The van der Waals surface area contributed by atoms with E-state index in [1.807, 2.05) is 24.3 Å². The molecule has 2 aromatic carbocycles. The van der Waals surface area contributed by atoms with Gasteiger partial charge in [0.2, 0.25) is 0 Å². The standard InChI is InChI=1S/C14H15BrN2/c1-10-6-7-14(12(15)8-10)17-9-11-4-2-3-5-13(11)16/h2-8,17H,9,16H2,1H3. The molecular weight excluding hydrogens is 276 g/mol. The van der Waals surface area contributed by atoms with E-state index in [0.717, 1.165) is 28.0 Å².